The van der Waals surface area contributed by atoms with Gasteiger partial charge in [0.05, 0.1) is 0 Å². The molecule has 0 aliphatic carbocycles. The molecule has 0 aromatic carbocycles. The fourth-order valence-electron chi connectivity index (χ4n) is 0.265. The average Bonchev–Trinajstić information content (AvgIpc) is 2.26. The van der Waals surface area contributed by atoms with Crippen LogP contribution in [0.1, 0.15) is 0 Å². The summed E-state index contributed by atoms with van der Waals surface area (Å²) in [7, 11) is 0. The van der Waals surface area contributed by atoms with Crippen molar-refractivity contribution in [3.63, 3.8) is 0 Å². The minimum Gasteiger partial charge on any atom is 2.00 e. The topological polar surface area (TPSA) is 143 Å². The molecule has 0 aromatic rings. The van der Waals surface area contributed by atoms with E-state index < -0.39 is 12.4 Å². The molecular formula is C6CoN6Ru. The Bertz CT molecular complexity index is 392. The van der Waals surface area contributed by atoms with Crippen LogP contribution in [0.25, 0.3) is 0 Å². The zero-order chi connectivity index (χ0) is 10.7. The van der Waals surface area contributed by atoms with Gasteiger partial charge in [-0.05, 0) is 0 Å². The second-order valence-electron chi connectivity index (χ2n) is 1.80. The van der Waals surface area contributed by atoms with Crippen molar-refractivity contribution in [2.24, 2.45) is 0 Å². The van der Waals surface area contributed by atoms with Crippen molar-refractivity contribution >= 4 is 0 Å². The first-order valence-corrected chi connectivity index (χ1v) is 7.62. The maximum absolute atomic E-state index is 8.59. The van der Waals surface area contributed by atoms with E-state index in [2.05, 4.69) is 0 Å². The van der Waals surface area contributed by atoms with Crippen LogP contribution in [-0.4, -0.2) is 0 Å². The van der Waals surface area contributed by atoms with Crippen LogP contribution >= 0.6 is 0 Å². The number of nitriles is 6. The maximum Gasteiger partial charge on any atom is 2.00 e. The molecule has 0 heterocycles. The van der Waals surface area contributed by atoms with Crippen molar-refractivity contribution in [1.29, 1.82) is 31.6 Å². The van der Waals surface area contributed by atoms with E-state index in [-0.39, 0.29) is 16.8 Å². The smallest absolute Gasteiger partial charge is 2.00 e. The quantitative estimate of drug-likeness (QED) is 0.580. The summed E-state index contributed by atoms with van der Waals surface area (Å²) in [6.07, 6.45) is 0. The Labute approximate surface area is 88.6 Å². The molecule has 0 saturated heterocycles. The zero-order valence-corrected chi connectivity index (χ0v) is 9.15. The van der Waals surface area contributed by atoms with Crippen molar-refractivity contribution in [2.75, 3.05) is 0 Å². The average molecular weight is 316 g/mol. The van der Waals surface area contributed by atoms with E-state index in [1.807, 2.05) is 0 Å². The van der Waals surface area contributed by atoms with E-state index in [0.29, 0.717) is 0 Å². The summed E-state index contributed by atoms with van der Waals surface area (Å²) in [5.41, 5.74) is 0. The summed E-state index contributed by atoms with van der Waals surface area (Å²) in [6.45, 7) is 0. The van der Waals surface area contributed by atoms with Gasteiger partial charge in [-0.2, -0.15) is 0 Å². The largest absolute Gasteiger partial charge is 2.00 e. The molecule has 0 aliphatic heterocycles. The molecule has 0 rings (SSSR count). The Morgan fingerprint density at radius 2 is 0.643 bits per heavy atom. The summed E-state index contributed by atoms with van der Waals surface area (Å²) in [5, 5.41) is 51.6. The molecule has 0 atom stereocenters. The first-order chi connectivity index (χ1) is 5.97. The van der Waals surface area contributed by atoms with Crippen LogP contribution in [0.4, 0.5) is 0 Å². The van der Waals surface area contributed by atoms with Gasteiger partial charge in [-0.15, -0.1) is 0 Å². The van der Waals surface area contributed by atoms with Gasteiger partial charge in [-0.25, -0.2) is 0 Å². The monoisotopic (exact) mass is 317 g/mol. The Hall–Kier alpha value is -1.93. The molecular weight excluding hydrogens is 316 g/mol. The predicted octanol–water partition coefficient (Wildman–Crippen LogP) is 0.0957. The van der Waals surface area contributed by atoms with Crippen molar-refractivity contribution in [3.05, 3.63) is 0 Å². The third-order valence-corrected chi connectivity index (χ3v) is 7.02. The summed E-state index contributed by atoms with van der Waals surface area (Å²) >= 11 is -6.55. The van der Waals surface area contributed by atoms with Crippen molar-refractivity contribution in [2.45, 2.75) is 0 Å². The normalized spacial score (nSPS) is 12.4. The van der Waals surface area contributed by atoms with Gasteiger partial charge in [0.25, 0.3) is 0 Å². The molecule has 0 unspecified atom stereocenters. The SMILES string of the molecule is N#[C][Ru-2]([C]#N)([C]#N)([C]#N)([C]#N)[C]#N.[Co+2]. The summed E-state index contributed by atoms with van der Waals surface area (Å²) in [6, 6.07) is 0. The van der Waals surface area contributed by atoms with E-state index in [4.69, 9.17) is 31.6 Å². The van der Waals surface area contributed by atoms with E-state index in [1.165, 1.54) is 0 Å². The molecule has 71 valence electrons. The van der Waals surface area contributed by atoms with Crippen molar-refractivity contribution in [3.8, 4) is 28.0 Å². The number of hydrogen-bond acceptors (Lipinski definition) is 6. The molecule has 8 heteroatoms. The molecule has 0 saturated carbocycles. The van der Waals surface area contributed by atoms with Crippen LogP contribution in [0, 0.1) is 59.6 Å². The van der Waals surface area contributed by atoms with Crippen LogP contribution in [-0.2, 0) is 29.2 Å². The van der Waals surface area contributed by atoms with Crippen LogP contribution in [0.2, 0.25) is 0 Å². The molecule has 6 nitrogen and oxygen atoms in total. The third kappa shape index (κ3) is 1.05. The maximum atomic E-state index is 8.59. The number of hydrogen-bond donors (Lipinski definition) is 0. The van der Waals surface area contributed by atoms with Crippen molar-refractivity contribution in [1.82, 2.24) is 0 Å². The fourth-order valence-corrected chi connectivity index (χ4v) is 1.57. The van der Waals surface area contributed by atoms with Gasteiger partial charge in [0, 0.05) is 0 Å². The Kier molecular flexibility index (Phi) is 3.22. The molecule has 0 bridgehead atoms. The zero-order valence-electron chi connectivity index (χ0n) is 6.37. The second kappa shape index (κ2) is 3.09. The van der Waals surface area contributed by atoms with Gasteiger partial charge < -0.3 is 0 Å². The molecule has 1 radical (unpaired) electrons. The Morgan fingerprint density at radius 3 is 0.643 bits per heavy atom. The first kappa shape index (κ1) is 14.6. The number of nitrogens with zero attached hydrogens (tertiary/aromatic N) is 6. The molecule has 0 N–H and O–H groups in total. The van der Waals surface area contributed by atoms with Gasteiger partial charge in [0.2, 0.25) is 0 Å². The van der Waals surface area contributed by atoms with Gasteiger partial charge in [-0.3, -0.25) is 0 Å². The molecule has 0 aromatic heterocycles. The standard InChI is InChI=1S/6CN.Co.Ru/c6*1-2;;/q;;;;;;+2;-2. The predicted molar refractivity (Wildman–Crippen MR) is 33.7 cm³/mol. The molecule has 14 heavy (non-hydrogen) atoms. The number of rotatable bonds is 0. The third-order valence-electron chi connectivity index (χ3n) is 1.19. The van der Waals surface area contributed by atoms with E-state index in [0.717, 1.165) is 28.0 Å². The second-order valence-corrected chi connectivity index (χ2v) is 10.6. The Morgan fingerprint density at radius 1 is 0.500 bits per heavy atom. The minimum atomic E-state index is -6.55. The molecule has 0 aliphatic rings. The van der Waals surface area contributed by atoms with E-state index in [1.54, 1.807) is 0 Å². The van der Waals surface area contributed by atoms with Gasteiger partial charge >= 0.3 is 88.8 Å². The summed E-state index contributed by atoms with van der Waals surface area (Å²) < 4.78 is 6.37. The minimum absolute atomic E-state index is 0. The Balaban J connectivity index is 0. The van der Waals surface area contributed by atoms with E-state index >= 15 is 0 Å². The summed E-state index contributed by atoms with van der Waals surface area (Å²) in [5.74, 6) is 0. The van der Waals surface area contributed by atoms with Gasteiger partial charge in [0.15, 0.2) is 0 Å². The fraction of sp³-hybridized carbons (Fsp3) is 0. The van der Waals surface area contributed by atoms with Crippen LogP contribution in [0.5, 0.6) is 0 Å². The van der Waals surface area contributed by atoms with Gasteiger partial charge in [0.1, 0.15) is 0 Å². The van der Waals surface area contributed by atoms with Crippen molar-refractivity contribution < 1.29 is 29.2 Å². The molecule has 0 fully saturated rings. The van der Waals surface area contributed by atoms with Crippen LogP contribution in [0.3, 0.4) is 0 Å². The molecule has 0 amide bonds. The first-order valence-electron chi connectivity index (χ1n) is 2.40. The molecule has 0 spiro atoms. The summed E-state index contributed by atoms with van der Waals surface area (Å²) in [4.78, 5) is 0. The van der Waals surface area contributed by atoms with Gasteiger partial charge in [-0.1, -0.05) is 0 Å². The van der Waals surface area contributed by atoms with Crippen LogP contribution in [0.15, 0.2) is 0 Å². The van der Waals surface area contributed by atoms with Crippen LogP contribution < -0.4 is 0 Å². The van der Waals surface area contributed by atoms with E-state index in [9.17, 15) is 0 Å².